The molecular weight excluding hydrogens is 431 g/mol. The molecule has 1 spiro atoms. The van der Waals surface area contributed by atoms with Gasteiger partial charge in [-0.1, -0.05) is 48.4 Å². The highest BCUT2D eigenvalue weighted by Crippen LogP contribution is 2.33. The van der Waals surface area contributed by atoms with Crippen molar-refractivity contribution >= 4 is 51.8 Å². The molecule has 2 aromatic rings. The van der Waals surface area contributed by atoms with Gasteiger partial charge in [0.2, 0.25) is 11.0 Å². The van der Waals surface area contributed by atoms with Crippen LogP contribution in [0.25, 0.3) is 0 Å². The molecule has 9 nitrogen and oxygen atoms in total. The summed E-state index contributed by atoms with van der Waals surface area (Å²) in [5.41, 5.74) is 2.04. The summed E-state index contributed by atoms with van der Waals surface area (Å²) in [5, 5.41) is 14.8. The van der Waals surface area contributed by atoms with Gasteiger partial charge in [0.15, 0.2) is 4.34 Å². The Morgan fingerprint density at radius 1 is 1.27 bits per heavy atom. The molecule has 1 aromatic carbocycles. The summed E-state index contributed by atoms with van der Waals surface area (Å²) in [4.78, 5) is 37.1. The quantitative estimate of drug-likeness (QED) is 0.458. The van der Waals surface area contributed by atoms with Crippen molar-refractivity contribution in [1.82, 2.24) is 25.9 Å². The molecular formula is C18H19FN6O3S2. The molecule has 3 N–H and O–H groups in total. The predicted octanol–water partition coefficient (Wildman–Crippen LogP) is 2.80. The highest BCUT2D eigenvalue weighted by molar-refractivity contribution is 8.01. The number of nitrogens with one attached hydrogen (secondary N) is 3. The predicted molar refractivity (Wildman–Crippen MR) is 110 cm³/mol. The van der Waals surface area contributed by atoms with Gasteiger partial charge < -0.3 is 10.6 Å². The van der Waals surface area contributed by atoms with Crippen LogP contribution in [0.3, 0.4) is 0 Å². The molecule has 158 valence electrons. The van der Waals surface area contributed by atoms with Crippen LogP contribution in [0.2, 0.25) is 0 Å². The molecule has 30 heavy (non-hydrogen) atoms. The van der Waals surface area contributed by atoms with Crippen molar-refractivity contribution in [2.45, 2.75) is 42.0 Å². The van der Waals surface area contributed by atoms with Gasteiger partial charge in [0.25, 0.3) is 5.91 Å². The van der Waals surface area contributed by atoms with Gasteiger partial charge in [-0.15, -0.1) is 10.2 Å². The number of carbonyl (C=O) groups excluding carboxylic acids is 3. The molecule has 12 heteroatoms. The molecule has 0 unspecified atom stereocenters. The Morgan fingerprint density at radius 3 is 2.83 bits per heavy atom. The van der Waals surface area contributed by atoms with Crippen molar-refractivity contribution < 1.29 is 18.8 Å². The van der Waals surface area contributed by atoms with Gasteiger partial charge in [-0.25, -0.2) is 9.18 Å². The molecule has 0 atom stereocenters. The van der Waals surface area contributed by atoms with Crippen LogP contribution in [0, 0.1) is 5.82 Å². The molecule has 0 bridgehead atoms. The molecule has 2 fully saturated rings. The second-order valence-corrected chi connectivity index (χ2v) is 9.25. The fraction of sp³-hybridized carbons (Fsp3) is 0.389. The van der Waals surface area contributed by atoms with E-state index in [1.165, 1.54) is 23.5 Å². The molecule has 2 aliphatic rings. The standard InChI is InChI=1S/C18H19FN6O3S2/c19-11-5-4-6-12(9-11)20-15-22-23-17(30-15)29-10-13(26)24-25-14(27)18(21-16(25)28)7-2-1-3-8-18/h4-6,9H,1-3,7-8,10H2,(H,20,22)(H,21,28)(H,24,26). The van der Waals surface area contributed by atoms with E-state index in [4.69, 9.17) is 0 Å². The van der Waals surface area contributed by atoms with Crippen LogP contribution in [0.1, 0.15) is 32.1 Å². The Bertz CT molecular complexity index is 978. The largest absolute Gasteiger partial charge is 0.344 e. The van der Waals surface area contributed by atoms with E-state index >= 15 is 0 Å². The Kier molecular flexibility index (Phi) is 5.86. The summed E-state index contributed by atoms with van der Waals surface area (Å²) < 4.78 is 13.8. The molecule has 1 saturated heterocycles. The van der Waals surface area contributed by atoms with Gasteiger partial charge in [0.05, 0.1) is 5.75 Å². The molecule has 1 aliphatic heterocycles. The highest BCUT2D eigenvalue weighted by Gasteiger charge is 2.52. The molecule has 1 aliphatic carbocycles. The van der Waals surface area contributed by atoms with Crippen LogP contribution in [-0.2, 0) is 9.59 Å². The van der Waals surface area contributed by atoms with Crippen LogP contribution < -0.4 is 16.1 Å². The van der Waals surface area contributed by atoms with Crippen molar-refractivity contribution in [3.63, 3.8) is 0 Å². The van der Waals surface area contributed by atoms with E-state index in [9.17, 15) is 18.8 Å². The van der Waals surface area contributed by atoms with Gasteiger partial charge in [0.1, 0.15) is 11.4 Å². The summed E-state index contributed by atoms with van der Waals surface area (Å²) >= 11 is 2.33. The minimum atomic E-state index is -0.882. The summed E-state index contributed by atoms with van der Waals surface area (Å²) in [6, 6.07) is 5.34. The third-order valence-corrected chi connectivity index (χ3v) is 6.89. The minimum Gasteiger partial charge on any atom is -0.330 e. The van der Waals surface area contributed by atoms with E-state index in [1.54, 1.807) is 12.1 Å². The molecule has 1 saturated carbocycles. The second-order valence-electron chi connectivity index (χ2n) is 7.05. The number of halogens is 1. The number of benzene rings is 1. The smallest absolute Gasteiger partial charge is 0.330 e. The zero-order chi connectivity index (χ0) is 21.1. The van der Waals surface area contributed by atoms with Crippen LogP contribution in [0.15, 0.2) is 28.6 Å². The van der Waals surface area contributed by atoms with E-state index in [1.807, 2.05) is 0 Å². The van der Waals surface area contributed by atoms with Gasteiger partial charge in [0, 0.05) is 5.69 Å². The lowest BCUT2D eigenvalue weighted by Gasteiger charge is -2.30. The van der Waals surface area contributed by atoms with E-state index in [-0.39, 0.29) is 11.6 Å². The number of amides is 4. The zero-order valence-corrected chi connectivity index (χ0v) is 17.4. The first-order valence-electron chi connectivity index (χ1n) is 9.40. The molecule has 0 radical (unpaired) electrons. The first-order valence-corrected chi connectivity index (χ1v) is 11.2. The Hall–Kier alpha value is -2.73. The third-order valence-electron chi connectivity index (χ3n) is 4.91. The maximum absolute atomic E-state index is 13.2. The van der Waals surface area contributed by atoms with Crippen LogP contribution >= 0.6 is 23.1 Å². The number of hydrogen-bond acceptors (Lipinski definition) is 8. The monoisotopic (exact) mass is 450 g/mol. The molecule has 4 amide bonds. The fourth-order valence-electron chi connectivity index (χ4n) is 3.51. The summed E-state index contributed by atoms with van der Waals surface area (Å²) in [6.45, 7) is 0. The molecule has 1 aromatic heterocycles. The van der Waals surface area contributed by atoms with Crippen molar-refractivity contribution in [3.05, 3.63) is 30.1 Å². The summed E-state index contributed by atoms with van der Waals surface area (Å²) in [6.07, 6.45) is 3.94. The number of carbonyl (C=O) groups is 3. The average Bonchev–Trinajstić information content (AvgIpc) is 3.25. The van der Waals surface area contributed by atoms with Crippen LogP contribution in [0.4, 0.5) is 20.0 Å². The number of thioether (sulfide) groups is 1. The Morgan fingerprint density at radius 2 is 2.07 bits per heavy atom. The normalized spacial score (nSPS) is 17.8. The zero-order valence-electron chi connectivity index (χ0n) is 15.8. The van der Waals surface area contributed by atoms with Gasteiger partial charge >= 0.3 is 6.03 Å². The Balaban J connectivity index is 1.29. The SMILES string of the molecule is O=C(CSc1nnc(Nc2cccc(F)c2)s1)NN1C(=O)NC2(CCCCC2)C1=O. The number of nitrogens with zero attached hydrogens (tertiary/aromatic N) is 3. The topological polar surface area (TPSA) is 116 Å². The van der Waals surface area contributed by atoms with Crippen LogP contribution in [0.5, 0.6) is 0 Å². The van der Waals surface area contributed by atoms with E-state index < -0.39 is 23.4 Å². The number of imide groups is 1. The van der Waals surface area contributed by atoms with Crippen molar-refractivity contribution in [1.29, 1.82) is 0 Å². The lowest BCUT2D eigenvalue weighted by molar-refractivity contribution is -0.139. The van der Waals surface area contributed by atoms with E-state index in [2.05, 4.69) is 26.3 Å². The number of rotatable bonds is 6. The minimum absolute atomic E-state index is 0.0430. The van der Waals surface area contributed by atoms with Crippen molar-refractivity contribution in [2.24, 2.45) is 0 Å². The fourth-order valence-corrected chi connectivity index (χ4v) is 5.07. The Labute approximate surface area is 179 Å². The van der Waals surface area contributed by atoms with Crippen molar-refractivity contribution in [3.8, 4) is 0 Å². The number of hydrogen-bond donors (Lipinski definition) is 3. The lowest BCUT2D eigenvalue weighted by atomic mass is 9.82. The number of aromatic nitrogens is 2. The first kappa shape index (κ1) is 20.5. The number of hydrazine groups is 1. The molecule has 2 heterocycles. The van der Waals surface area contributed by atoms with E-state index in [0.29, 0.717) is 28.0 Å². The second kappa shape index (κ2) is 8.56. The van der Waals surface area contributed by atoms with E-state index in [0.717, 1.165) is 36.0 Å². The number of anilines is 2. The van der Waals surface area contributed by atoms with Gasteiger partial charge in [-0.05, 0) is 31.0 Å². The van der Waals surface area contributed by atoms with Gasteiger partial charge in [-0.2, -0.15) is 5.01 Å². The van der Waals surface area contributed by atoms with Crippen molar-refractivity contribution in [2.75, 3.05) is 11.1 Å². The van der Waals surface area contributed by atoms with Gasteiger partial charge in [-0.3, -0.25) is 15.0 Å². The van der Waals surface area contributed by atoms with Crippen LogP contribution in [-0.4, -0.2) is 44.3 Å². The maximum Gasteiger partial charge on any atom is 0.344 e. The summed E-state index contributed by atoms with van der Waals surface area (Å²) in [5.74, 6) is -1.31. The first-order chi connectivity index (χ1) is 14.4. The number of urea groups is 1. The molecule has 4 rings (SSSR count). The lowest BCUT2D eigenvalue weighted by Crippen LogP contribution is -2.51. The highest BCUT2D eigenvalue weighted by atomic mass is 32.2. The maximum atomic E-state index is 13.2. The third kappa shape index (κ3) is 4.38. The summed E-state index contributed by atoms with van der Waals surface area (Å²) in [7, 11) is 0. The average molecular weight is 451 g/mol.